The Balaban J connectivity index is 2.33. The van der Waals surface area contributed by atoms with Crippen LogP contribution in [0.4, 0.5) is 5.69 Å². The minimum atomic E-state index is -3.56. The van der Waals surface area contributed by atoms with Gasteiger partial charge in [0.15, 0.2) is 0 Å². The van der Waals surface area contributed by atoms with E-state index in [0.717, 1.165) is 17.4 Å². The molecule has 23 heavy (non-hydrogen) atoms. The molecular formula is C17H15N3O2S. The first kappa shape index (κ1) is 15.2. The van der Waals surface area contributed by atoms with E-state index >= 15 is 0 Å². The molecule has 0 aliphatic rings. The molecule has 0 saturated carbocycles. The van der Waals surface area contributed by atoms with E-state index in [9.17, 15) is 8.42 Å². The van der Waals surface area contributed by atoms with Crippen LogP contribution in [0, 0.1) is 0 Å². The molecule has 2 N–H and O–H groups in total. The molecule has 0 amide bonds. The lowest BCUT2D eigenvalue weighted by Gasteiger charge is -2.12. The predicted molar refractivity (Wildman–Crippen MR) is 90.4 cm³/mol. The van der Waals surface area contributed by atoms with Crippen molar-refractivity contribution in [2.24, 2.45) is 0 Å². The molecule has 5 nitrogen and oxygen atoms in total. The lowest BCUT2D eigenvalue weighted by molar-refractivity contribution is 0.593. The molecule has 0 fully saturated rings. The summed E-state index contributed by atoms with van der Waals surface area (Å²) >= 11 is 0. The highest BCUT2D eigenvalue weighted by molar-refractivity contribution is 7.90. The second-order valence-electron chi connectivity index (χ2n) is 5.12. The van der Waals surface area contributed by atoms with Crippen LogP contribution in [0.15, 0.2) is 65.8 Å². The fraction of sp³-hybridized carbons (Fsp3) is 0.0588. The van der Waals surface area contributed by atoms with Crippen LogP contribution in [0.2, 0.25) is 0 Å². The van der Waals surface area contributed by atoms with Gasteiger partial charge in [-0.1, -0.05) is 60.7 Å². The average molecular weight is 325 g/mol. The zero-order chi connectivity index (χ0) is 16.4. The van der Waals surface area contributed by atoms with Gasteiger partial charge in [-0.2, -0.15) is 0 Å². The Morgan fingerprint density at radius 1 is 0.783 bits per heavy atom. The lowest BCUT2D eigenvalue weighted by Crippen LogP contribution is -2.09. The number of hydrogen-bond acceptors (Lipinski definition) is 5. The number of anilines is 1. The maximum absolute atomic E-state index is 11.9. The van der Waals surface area contributed by atoms with Gasteiger partial charge in [-0.3, -0.25) is 0 Å². The van der Waals surface area contributed by atoms with Crippen molar-refractivity contribution in [3.63, 3.8) is 0 Å². The van der Waals surface area contributed by atoms with Crippen LogP contribution in [0.1, 0.15) is 0 Å². The molecule has 0 unspecified atom stereocenters. The van der Waals surface area contributed by atoms with Gasteiger partial charge >= 0.3 is 0 Å². The Labute approximate surface area is 134 Å². The number of nitrogens with two attached hydrogens (primary N) is 1. The minimum Gasteiger partial charge on any atom is -0.395 e. The molecule has 3 rings (SSSR count). The van der Waals surface area contributed by atoms with Crippen molar-refractivity contribution < 1.29 is 8.42 Å². The van der Waals surface area contributed by atoms with Gasteiger partial charge in [0, 0.05) is 17.4 Å². The van der Waals surface area contributed by atoms with Crippen molar-refractivity contribution in [2.75, 3.05) is 12.0 Å². The zero-order valence-corrected chi connectivity index (χ0v) is 13.3. The Morgan fingerprint density at radius 2 is 1.17 bits per heavy atom. The van der Waals surface area contributed by atoms with Gasteiger partial charge in [0.05, 0.1) is 17.1 Å². The van der Waals surface area contributed by atoms with Crippen LogP contribution in [0.3, 0.4) is 0 Å². The summed E-state index contributed by atoms with van der Waals surface area (Å²) in [4.78, 5) is 8.35. The summed E-state index contributed by atoms with van der Waals surface area (Å²) in [6, 6.07) is 18.5. The van der Waals surface area contributed by atoms with E-state index in [4.69, 9.17) is 5.73 Å². The summed E-state index contributed by atoms with van der Waals surface area (Å²) in [5.41, 5.74) is 8.92. The lowest BCUT2D eigenvalue weighted by atomic mass is 10.1. The fourth-order valence-corrected chi connectivity index (χ4v) is 2.76. The standard InChI is InChI=1S/C17H15N3O2S/c1-23(21,22)17-19-15(12-8-4-2-5-9-12)14(18)16(20-17)13-10-6-3-7-11-13/h2-11H,18H2,1H3. The highest BCUT2D eigenvalue weighted by Crippen LogP contribution is 2.32. The molecule has 0 aliphatic heterocycles. The van der Waals surface area contributed by atoms with E-state index in [-0.39, 0.29) is 5.16 Å². The van der Waals surface area contributed by atoms with Gasteiger partial charge in [0.1, 0.15) is 0 Å². The minimum absolute atomic E-state index is 0.232. The van der Waals surface area contributed by atoms with Crippen LogP contribution >= 0.6 is 0 Å². The van der Waals surface area contributed by atoms with Gasteiger partial charge in [-0.25, -0.2) is 18.4 Å². The van der Waals surface area contributed by atoms with Gasteiger partial charge in [0.2, 0.25) is 15.0 Å². The quantitative estimate of drug-likeness (QED) is 0.748. The molecular weight excluding hydrogens is 310 g/mol. The average Bonchev–Trinajstić information content (AvgIpc) is 2.55. The second-order valence-corrected chi connectivity index (χ2v) is 7.03. The third-order valence-electron chi connectivity index (χ3n) is 3.35. The molecule has 0 bridgehead atoms. The number of nitrogens with zero attached hydrogens (tertiary/aromatic N) is 2. The van der Waals surface area contributed by atoms with E-state index < -0.39 is 9.84 Å². The molecule has 0 aliphatic carbocycles. The Hall–Kier alpha value is -2.73. The highest BCUT2D eigenvalue weighted by atomic mass is 32.2. The maximum atomic E-state index is 11.9. The Morgan fingerprint density at radius 3 is 1.52 bits per heavy atom. The Bertz CT molecular complexity index is 880. The van der Waals surface area contributed by atoms with Gasteiger partial charge in [-0.05, 0) is 0 Å². The highest BCUT2D eigenvalue weighted by Gasteiger charge is 2.19. The largest absolute Gasteiger partial charge is 0.395 e. The monoisotopic (exact) mass is 325 g/mol. The van der Waals surface area contributed by atoms with E-state index in [0.29, 0.717) is 17.1 Å². The summed E-state index contributed by atoms with van der Waals surface area (Å²) in [5.74, 6) is 0. The molecule has 0 spiro atoms. The molecule has 1 aromatic heterocycles. The molecule has 0 atom stereocenters. The number of nitrogen functional groups attached to an aromatic ring is 1. The van der Waals surface area contributed by atoms with Crippen LogP contribution < -0.4 is 5.73 Å². The summed E-state index contributed by atoms with van der Waals surface area (Å²) in [5, 5.41) is -0.232. The smallest absolute Gasteiger partial charge is 0.248 e. The summed E-state index contributed by atoms with van der Waals surface area (Å²) in [6.45, 7) is 0. The van der Waals surface area contributed by atoms with Crippen LogP contribution in [-0.4, -0.2) is 24.6 Å². The molecule has 0 saturated heterocycles. The van der Waals surface area contributed by atoms with Gasteiger partial charge < -0.3 is 5.73 Å². The van der Waals surface area contributed by atoms with Crippen molar-refractivity contribution in [3.8, 4) is 22.5 Å². The summed E-state index contributed by atoms with van der Waals surface area (Å²) < 4.78 is 23.9. The van der Waals surface area contributed by atoms with Crippen molar-refractivity contribution in [3.05, 3.63) is 60.7 Å². The van der Waals surface area contributed by atoms with E-state index in [1.807, 2.05) is 60.7 Å². The SMILES string of the molecule is CS(=O)(=O)c1nc(-c2ccccc2)c(N)c(-c2ccccc2)n1. The maximum Gasteiger partial charge on any atom is 0.248 e. The molecule has 1 heterocycles. The van der Waals surface area contributed by atoms with Crippen LogP contribution in [0.5, 0.6) is 0 Å². The molecule has 0 radical (unpaired) electrons. The van der Waals surface area contributed by atoms with Gasteiger partial charge in [-0.15, -0.1) is 0 Å². The normalized spacial score (nSPS) is 11.3. The predicted octanol–water partition coefficient (Wildman–Crippen LogP) is 2.80. The van der Waals surface area contributed by atoms with E-state index in [1.165, 1.54) is 0 Å². The molecule has 6 heteroatoms. The first-order valence-electron chi connectivity index (χ1n) is 6.95. The Kier molecular flexibility index (Phi) is 3.83. The number of hydrogen-bond donors (Lipinski definition) is 1. The third kappa shape index (κ3) is 3.07. The van der Waals surface area contributed by atoms with Crippen molar-refractivity contribution in [1.82, 2.24) is 9.97 Å². The van der Waals surface area contributed by atoms with Crippen LogP contribution in [-0.2, 0) is 9.84 Å². The number of aromatic nitrogens is 2. The number of rotatable bonds is 3. The van der Waals surface area contributed by atoms with E-state index in [2.05, 4.69) is 9.97 Å². The van der Waals surface area contributed by atoms with Crippen molar-refractivity contribution in [1.29, 1.82) is 0 Å². The number of sulfone groups is 1. The van der Waals surface area contributed by atoms with Crippen molar-refractivity contribution in [2.45, 2.75) is 5.16 Å². The van der Waals surface area contributed by atoms with Crippen molar-refractivity contribution >= 4 is 15.5 Å². The topological polar surface area (TPSA) is 85.9 Å². The second kappa shape index (κ2) is 5.81. The molecule has 116 valence electrons. The molecule has 2 aromatic carbocycles. The van der Waals surface area contributed by atoms with Gasteiger partial charge in [0.25, 0.3) is 0 Å². The third-order valence-corrected chi connectivity index (χ3v) is 4.20. The first-order valence-corrected chi connectivity index (χ1v) is 8.84. The van der Waals surface area contributed by atoms with Crippen LogP contribution in [0.25, 0.3) is 22.5 Å². The molecule has 3 aromatic rings. The number of benzene rings is 2. The summed E-state index contributed by atoms with van der Waals surface area (Å²) in [7, 11) is -3.56. The zero-order valence-electron chi connectivity index (χ0n) is 12.5. The first-order chi connectivity index (χ1) is 11.0. The summed E-state index contributed by atoms with van der Waals surface area (Å²) in [6.07, 6.45) is 1.09. The van der Waals surface area contributed by atoms with E-state index in [1.54, 1.807) is 0 Å². The fourth-order valence-electron chi connectivity index (χ4n) is 2.25.